The van der Waals surface area contributed by atoms with E-state index < -0.39 is 30.0 Å². The molecule has 1 aromatic heterocycles. The molecule has 0 unspecified atom stereocenters. The van der Waals surface area contributed by atoms with Gasteiger partial charge in [0.05, 0.1) is 17.7 Å². The van der Waals surface area contributed by atoms with Crippen LogP contribution < -0.4 is 14.4 Å². The molecule has 0 atom stereocenters. The number of anilines is 2. The van der Waals surface area contributed by atoms with Crippen molar-refractivity contribution in [3.05, 3.63) is 83.6 Å². The first-order chi connectivity index (χ1) is 16.9. The van der Waals surface area contributed by atoms with E-state index in [2.05, 4.69) is 14.5 Å². The Morgan fingerprint density at radius 2 is 1.58 bits per heavy atom. The number of aliphatic hydroxyl groups is 1. The van der Waals surface area contributed by atoms with Gasteiger partial charge in [-0.15, -0.1) is 26.3 Å². The standard InChI is InChI=1S/C24H16F6N2O4/c25-23(26,27)35-16-8-6-14(7-9-16)11-20(33)19-13-32(22-18(21(19)34)5-2-10-31-22)15-3-1-4-17(12-15)36-24(28,29)30/h1-10,12,34H,11,13H2. The minimum absolute atomic E-state index is 0.0479. The topological polar surface area (TPSA) is 71.9 Å². The molecule has 1 aliphatic rings. The van der Waals surface area contributed by atoms with Crippen molar-refractivity contribution in [2.45, 2.75) is 19.1 Å². The lowest BCUT2D eigenvalue weighted by Gasteiger charge is -2.31. The monoisotopic (exact) mass is 510 g/mol. The number of alkyl halides is 6. The minimum Gasteiger partial charge on any atom is -0.507 e. The lowest BCUT2D eigenvalue weighted by molar-refractivity contribution is -0.275. The van der Waals surface area contributed by atoms with E-state index in [9.17, 15) is 36.2 Å². The Balaban J connectivity index is 1.62. The Hall–Kier alpha value is -4.22. The molecule has 0 saturated heterocycles. The van der Waals surface area contributed by atoms with Gasteiger partial charge in [0.1, 0.15) is 23.1 Å². The zero-order chi connectivity index (χ0) is 26.1. The normalized spacial score (nSPS) is 13.9. The van der Waals surface area contributed by atoms with E-state index in [-0.39, 0.29) is 41.4 Å². The highest BCUT2D eigenvalue weighted by Crippen LogP contribution is 2.38. The van der Waals surface area contributed by atoms with Crippen LogP contribution in [0.4, 0.5) is 37.8 Å². The number of halogens is 6. The van der Waals surface area contributed by atoms with E-state index in [1.54, 1.807) is 0 Å². The molecule has 1 aliphatic heterocycles. The highest BCUT2D eigenvalue weighted by atomic mass is 19.4. The average molecular weight is 510 g/mol. The third kappa shape index (κ3) is 5.88. The quantitative estimate of drug-likeness (QED) is 0.404. The minimum atomic E-state index is -4.91. The summed E-state index contributed by atoms with van der Waals surface area (Å²) in [5.41, 5.74) is 0.721. The largest absolute Gasteiger partial charge is 0.573 e. The fourth-order valence-corrected chi connectivity index (χ4v) is 3.65. The number of aromatic nitrogens is 1. The fourth-order valence-electron chi connectivity index (χ4n) is 3.65. The van der Waals surface area contributed by atoms with Crippen molar-refractivity contribution in [1.29, 1.82) is 0 Å². The third-order valence-electron chi connectivity index (χ3n) is 5.12. The number of benzene rings is 2. The van der Waals surface area contributed by atoms with Crippen LogP contribution in [-0.4, -0.2) is 35.1 Å². The van der Waals surface area contributed by atoms with Gasteiger partial charge in [-0.3, -0.25) is 4.79 Å². The van der Waals surface area contributed by atoms with Gasteiger partial charge in [0.15, 0.2) is 5.78 Å². The molecule has 2 aromatic carbocycles. The van der Waals surface area contributed by atoms with Crippen LogP contribution in [0, 0.1) is 0 Å². The Bertz CT molecular complexity index is 1300. The molecule has 6 nitrogen and oxygen atoms in total. The third-order valence-corrected chi connectivity index (χ3v) is 5.12. The van der Waals surface area contributed by atoms with Crippen molar-refractivity contribution in [2.75, 3.05) is 11.4 Å². The van der Waals surface area contributed by atoms with Crippen molar-refractivity contribution in [3.8, 4) is 11.5 Å². The molecule has 0 fully saturated rings. The van der Waals surface area contributed by atoms with Crippen molar-refractivity contribution < 1.29 is 45.7 Å². The molecule has 0 radical (unpaired) electrons. The summed E-state index contributed by atoms with van der Waals surface area (Å²) in [6.45, 7) is -0.223. The van der Waals surface area contributed by atoms with Crippen LogP contribution in [0.5, 0.6) is 11.5 Å². The number of Topliss-reactive ketones (excluding diaryl/α,β-unsaturated/α-hetero) is 1. The molecule has 36 heavy (non-hydrogen) atoms. The number of aliphatic hydroxyl groups excluding tert-OH is 1. The highest BCUT2D eigenvalue weighted by Gasteiger charge is 2.33. The number of rotatable bonds is 6. The van der Waals surface area contributed by atoms with Gasteiger partial charge in [-0.25, -0.2) is 4.98 Å². The second-order valence-corrected chi connectivity index (χ2v) is 7.62. The molecule has 0 aliphatic carbocycles. The zero-order valence-electron chi connectivity index (χ0n) is 18.1. The Labute approximate surface area is 200 Å². The van der Waals surface area contributed by atoms with Crippen molar-refractivity contribution in [3.63, 3.8) is 0 Å². The molecule has 0 spiro atoms. The van der Waals surface area contributed by atoms with Crippen molar-refractivity contribution in [1.82, 2.24) is 4.98 Å². The van der Waals surface area contributed by atoms with Gasteiger partial charge in [0.2, 0.25) is 0 Å². The lowest BCUT2D eigenvalue weighted by Crippen LogP contribution is -2.30. The van der Waals surface area contributed by atoms with E-state index in [1.807, 2.05) is 0 Å². The smallest absolute Gasteiger partial charge is 0.507 e. The summed E-state index contributed by atoms with van der Waals surface area (Å²) in [5, 5.41) is 10.8. The number of ketones is 1. The average Bonchev–Trinajstić information content (AvgIpc) is 2.79. The van der Waals surface area contributed by atoms with Crippen LogP contribution in [0.1, 0.15) is 11.1 Å². The van der Waals surface area contributed by atoms with Gasteiger partial charge in [0.25, 0.3) is 0 Å². The zero-order valence-corrected chi connectivity index (χ0v) is 18.1. The highest BCUT2D eigenvalue weighted by molar-refractivity contribution is 6.05. The van der Waals surface area contributed by atoms with Gasteiger partial charge < -0.3 is 19.5 Å². The van der Waals surface area contributed by atoms with Crippen molar-refractivity contribution in [2.24, 2.45) is 0 Å². The van der Waals surface area contributed by atoms with Crippen LogP contribution in [0.25, 0.3) is 5.76 Å². The summed E-state index contributed by atoms with van der Waals surface area (Å²) >= 11 is 0. The molecule has 2 heterocycles. The Morgan fingerprint density at radius 1 is 0.917 bits per heavy atom. The number of carbonyl (C=O) groups excluding carboxylic acids is 1. The van der Waals surface area contributed by atoms with E-state index >= 15 is 0 Å². The summed E-state index contributed by atoms with van der Waals surface area (Å²) < 4.78 is 82.9. The predicted molar refractivity (Wildman–Crippen MR) is 116 cm³/mol. The molecule has 0 saturated carbocycles. The van der Waals surface area contributed by atoms with Gasteiger partial charge in [-0.05, 0) is 42.0 Å². The molecule has 0 bridgehead atoms. The number of pyridine rings is 1. The number of carbonyl (C=O) groups is 1. The second kappa shape index (κ2) is 9.44. The summed E-state index contributed by atoms with van der Waals surface area (Å²) in [6, 6.07) is 12.8. The first kappa shape index (κ1) is 24.9. The van der Waals surface area contributed by atoms with Crippen LogP contribution in [0.2, 0.25) is 0 Å². The summed E-state index contributed by atoms with van der Waals surface area (Å²) in [4.78, 5) is 18.7. The molecule has 1 N–H and O–H groups in total. The first-order valence-corrected chi connectivity index (χ1v) is 10.3. The molecule has 4 rings (SSSR count). The number of nitrogens with zero attached hydrogens (tertiary/aromatic N) is 2. The molecular formula is C24H16F6N2O4. The van der Waals surface area contributed by atoms with Crippen LogP contribution in [0.3, 0.4) is 0 Å². The molecule has 0 amide bonds. The number of ether oxygens (including phenoxy) is 2. The van der Waals surface area contributed by atoms with Crippen LogP contribution in [-0.2, 0) is 11.2 Å². The number of fused-ring (bicyclic) bond motifs is 1. The SMILES string of the molecule is O=C(Cc1ccc(OC(F)(F)F)cc1)C1=C(O)c2cccnc2N(c2cccc(OC(F)(F)F)c2)C1. The van der Waals surface area contributed by atoms with E-state index in [1.165, 1.54) is 47.5 Å². The number of hydrogen-bond donors (Lipinski definition) is 1. The first-order valence-electron chi connectivity index (χ1n) is 10.3. The van der Waals surface area contributed by atoms with E-state index in [0.717, 1.165) is 24.3 Å². The number of hydrogen-bond acceptors (Lipinski definition) is 6. The maximum absolute atomic E-state index is 13.1. The Morgan fingerprint density at radius 3 is 2.25 bits per heavy atom. The molecule has 3 aromatic rings. The molecular weight excluding hydrogens is 494 g/mol. The summed E-state index contributed by atoms with van der Waals surface area (Å²) in [5.74, 6) is -1.61. The summed E-state index contributed by atoms with van der Waals surface area (Å²) in [6.07, 6.45) is -8.60. The maximum atomic E-state index is 13.1. The lowest BCUT2D eigenvalue weighted by atomic mass is 9.96. The van der Waals surface area contributed by atoms with Crippen LogP contribution in [0.15, 0.2) is 72.4 Å². The van der Waals surface area contributed by atoms with Gasteiger partial charge >= 0.3 is 12.7 Å². The maximum Gasteiger partial charge on any atom is 0.573 e. The fraction of sp³-hybridized carbons (Fsp3) is 0.167. The van der Waals surface area contributed by atoms with Crippen LogP contribution >= 0.6 is 0 Å². The van der Waals surface area contributed by atoms with Gasteiger partial charge in [-0.2, -0.15) is 0 Å². The van der Waals surface area contributed by atoms with Gasteiger partial charge in [0, 0.05) is 24.4 Å². The van der Waals surface area contributed by atoms with Crippen molar-refractivity contribution >= 4 is 23.0 Å². The Kier molecular flexibility index (Phi) is 6.53. The molecule has 12 heteroatoms. The summed E-state index contributed by atoms with van der Waals surface area (Å²) in [7, 11) is 0. The van der Waals surface area contributed by atoms with E-state index in [0.29, 0.717) is 5.56 Å². The second-order valence-electron chi connectivity index (χ2n) is 7.62. The molecule has 188 valence electrons. The van der Waals surface area contributed by atoms with Gasteiger partial charge in [-0.1, -0.05) is 18.2 Å². The van der Waals surface area contributed by atoms with E-state index in [4.69, 9.17) is 0 Å². The predicted octanol–water partition coefficient (Wildman–Crippen LogP) is 6.11.